The van der Waals surface area contributed by atoms with Gasteiger partial charge in [0.1, 0.15) is 5.75 Å². The van der Waals surface area contributed by atoms with Crippen LogP contribution in [0.5, 0.6) is 5.75 Å². The first-order valence-electron chi connectivity index (χ1n) is 4.87. The predicted octanol–water partition coefficient (Wildman–Crippen LogP) is -5.56. The van der Waals surface area contributed by atoms with Gasteiger partial charge in [-0.15, -0.1) is 12.6 Å². The van der Waals surface area contributed by atoms with Crippen molar-refractivity contribution in [3.8, 4) is 5.75 Å². The van der Waals surface area contributed by atoms with Crippen LogP contribution in [0, 0.1) is 0 Å². The topological polar surface area (TPSA) is 32.6 Å². The molecular formula is C13H11Cl3NOSTi. The van der Waals surface area contributed by atoms with E-state index in [4.69, 9.17) is 0 Å². The van der Waals surface area contributed by atoms with Crippen molar-refractivity contribution in [1.29, 1.82) is 0 Å². The summed E-state index contributed by atoms with van der Waals surface area (Å²) in [7, 11) is 0. The van der Waals surface area contributed by atoms with Crippen LogP contribution in [0.15, 0.2) is 58.4 Å². The normalized spacial score (nSPS) is 8.65. The Kier molecular flexibility index (Phi) is 15.6. The molecule has 0 atom stereocenters. The molecule has 0 spiro atoms. The minimum absolute atomic E-state index is 0. The number of halogens is 3. The molecule has 0 unspecified atom stereocenters. The van der Waals surface area contributed by atoms with E-state index < -0.39 is 0 Å². The quantitative estimate of drug-likeness (QED) is 0.303. The summed E-state index contributed by atoms with van der Waals surface area (Å²) in [4.78, 5) is 5.09. The molecule has 0 aliphatic carbocycles. The second-order valence-corrected chi connectivity index (χ2v) is 3.79. The molecule has 1 N–H and O–H groups in total. The van der Waals surface area contributed by atoms with Crippen molar-refractivity contribution >= 4 is 24.5 Å². The average molecular weight is 384 g/mol. The molecule has 7 heteroatoms. The van der Waals surface area contributed by atoms with Crippen LogP contribution in [0.2, 0.25) is 0 Å². The molecule has 20 heavy (non-hydrogen) atoms. The summed E-state index contributed by atoms with van der Waals surface area (Å²) in [6, 6.07) is 14.6. The number of thiol groups is 1. The minimum Gasteiger partial charge on any atom is -1.00 e. The zero-order valence-corrected chi connectivity index (χ0v) is 14.9. The Morgan fingerprint density at radius 2 is 1.45 bits per heavy atom. The van der Waals surface area contributed by atoms with Crippen molar-refractivity contribution in [2.45, 2.75) is 4.90 Å². The van der Waals surface area contributed by atoms with Gasteiger partial charge in [-0.3, -0.25) is 4.99 Å². The van der Waals surface area contributed by atoms with Gasteiger partial charge in [0.05, 0.1) is 5.69 Å². The van der Waals surface area contributed by atoms with Crippen LogP contribution >= 0.6 is 12.6 Å². The van der Waals surface area contributed by atoms with Gasteiger partial charge in [-0.1, -0.05) is 24.3 Å². The molecule has 2 aromatic rings. The zero-order chi connectivity index (χ0) is 11.4. The average Bonchev–Trinajstić information content (AvgIpc) is 2.30. The van der Waals surface area contributed by atoms with Crippen LogP contribution < -0.4 is 37.2 Å². The van der Waals surface area contributed by atoms with E-state index >= 15 is 0 Å². The third-order valence-electron chi connectivity index (χ3n) is 2.16. The Bertz CT molecular complexity index is 493. The van der Waals surface area contributed by atoms with Crippen LogP contribution in [0.4, 0.5) is 5.69 Å². The van der Waals surface area contributed by atoms with Crippen LogP contribution in [0.1, 0.15) is 5.56 Å². The van der Waals surface area contributed by atoms with Gasteiger partial charge in [-0.25, -0.2) is 0 Å². The first kappa shape index (κ1) is 24.8. The Morgan fingerprint density at radius 3 is 2.05 bits per heavy atom. The second kappa shape index (κ2) is 12.6. The summed E-state index contributed by atoms with van der Waals surface area (Å²) in [5.41, 5.74) is 1.48. The van der Waals surface area contributed by atoms with E-state index in [1.54, 1.807) is 24.4 Å². The zero-order valence-electron chi connectivity index (χ0n) is 10.2. The molecule has 0 saturated carbocycles. The summed E-state index contributed by atoms with van der Waals surface area (Å²) < 4.78 is 0. The van der Waals surface area contributed by atoms with Gasteiger partial charge in [0.25, 0.3) is 0 Å². The Balaban J connectivity index is -0.000000722. The molecule has 0 aliphatic rings. The summed E-state index contributed by atoms with van der Waals surface area (Å²) in [5, 5.41) is 9.55. The maximum Gasteiger partial charge on any atom is 3.00 e. The van der Waals surface area contributed by atoms with Crippen LogP contribution in [0.25, 0.3) is 0 Å². The van der Waals surface area contributed by atoms with E-state index in [1.165, 1.54) is 0 Å². The number of benzene rings is 2. The summed E-state index contributed by atoms with van der Waals surface area (Å²) in [6.07, 6.45) is 1.63. The molecule has 2 aromatic carbocycles. The number of aliphatic imine (C=N–C) groups is 1. The summed E-state index contributed by atoms with van der Waals surface area (Å²) >= 11 is 4.29. The number of aromatic hydroxyl groups is 1. The smallest absolute Gasteiger partial charge is 1.00 e. The minimum atomic E-state index is 0. The van der Waals surface area contributed by atoms with Crippen LogP contribution in [0.3, 0.4) is 0 Å². The van der Waals surface area contributed by atoms with Gasteiger partial charge in [0, 0.05) is 16.7 Å². The van der Waals surface area contributed by atoms with Gasteiger partial charge >= 0.3 is 21.7 Å². The molecule has 0 fully saturated rings. The molecular weight excluding hydrogens is 372 g/mol. The van der Waals surface area contributed by atoms with Gasteiger partial charge in [0.2, 0.25) is 0 Å². The molecule has 0 bridgehead atoms. The standard InChI is InChI=1S/C13H11NOS.3ClH.Ti/c15-12-7-3-1-5-10(12)9-14-11-6-2-4-8-13(11)16;;;;/h1-9,15-16H;3*1H;/q;;;;+3/p-3. The van der Waals surface area contributed by atoms with Gasteiger partial charge in [-0.05, 0) is 24.3 Å². The molecule has 2 nitrogen and oxygen atoms in total. The van der Waals surface area contributed by atoms with Crippen LogP contribution in [-0.4, -0.2) is 11.3 Å². The number of rotatable bonds is 2. The summed E-state index contributed by atoms with van der Waals surface area (Å²) in [6.45, 7) is 0. The predicted molar refractivity (Wildman–Crippen MR) is 69.1 cm³/mol. The fraction of sp³-hybridized carbons (Fsp3) is 0. The van der Waals surface area contributed by atoms with Gasteiger partial charge < -0.3 is 42.3 Å². The summed E-state index contributed by atoms with van der Waals surface area (Å²) in [5.74, 6) is 0.225. The number of para-hydroxylation sites is 2. The van der Waals surface area contributed by atoms with Gasteiger partial charge in [-0.2, -0.15) is 0 Å². The fourth-order valence-electron chi connectivity index (χ4n) is 1.31. The Hall–Kier alpha value is -0.156. The second-order valence-electron chi connectivity index (χ2n) is 3.31. The monoisotopic (exact) mass is 382 g/mol. The van der Waals surface area contributed by atoms with Gasteiger partial charge in [0.15, 0.2) is 0 Å². The van der Waals surface area contributed by atoms with Crippen molar-refractivity contribution < 1.29 is 64.0 Å². The SMILES string of the molecule is Oc1ccccc1C=Nc1ccccc1S.[Cl-].[Cl-].[Cl-].[Ti+3]. The molecule has 0 aromatic heterocycles. The van der Waals surface area contributed by atoms with E-state index in [9.17, 15) is 5.11 Å². The van der Waals surface area contributed by atoms with Crippen molar-refractivity contribution in [2.75, 3.05) is 0 Å². The first-order chi connectivity index (χ1) is 7.77. The molecule has 0 saturated heterocycles. The molecule has 2 rings (SSSR count). The third kappa shape index (κ3) is 7.03. The van der Waals surface area contributed by atoms with E-state index in [-0.39, 0.29) is 64.7 Å². The molecule has 0 heterocycles. The first-order valence-corrected chi connectivity index (χ1v) is 5.32. The number of nitrogens with zero attached hydrogens (tertiary/aromatic N) is 1. The maximum absolute atomic E-state index is 9.55. The van der Waals surface area contributed by atoms with Crippen molar-refractivity contribution in [2.24, 2.45) is 4.99 Å². The molecule has 105 valence electrons. The van der Waals surface area contributed by atoms with E-state index in [0.29, 0.717) is 5.56 Å². The van der Waals surface area contributed by atoms with E-state index in [2.05, 4.69) is 17.6 Å². The van der Waals surface area contributed by atoms with Crippen molar-refractivity contribution in [3.05, 3.63) is 54.1 Å². The number of hydrogen-bond acceptors (Lipinski definition) is 3. The Labute approximate surface area is 157 Å². The van der Waals surface area contributed by atoms with E-state index in [1.807, 2.05) is 30.3 Å². The van der Waals surface area contributed by atoms with Crippen LogP contribution in [-0.2, 0) is 21.7 Å². The third-order valence-corrected chi connectivity index (χ3v) is 2.54. The number of phenols is 1. The Morgan fingerprint density at radius 1 is 0.900 bits per heavy atom. The number of hydrogen-bond donors (Lipinski definition) is 2. The molecule has 1 radical (unpaired) electrons. The van der Waals surface area contributed by atoms with E-state index in [0.717, 1.165) is 10.6 Å². The van der Waals surface area contributed by atoms with Crippen molar-refractivity contribution in [3.63, 3.8) is 0 Å². The maximum atomic E-state index is 9.55. The molecule has 0 aliphatic heterocycles. The molecule has 0 amide bonds. The fourth-order valence-corrected chi connectivity index (χ4v) is 1.53. The number of phenolic OH excluding ortho intramolecular Hbond substituents is 1. The largest absolute Gasteiger partial charge is 3.00 e. The van der Waals surface area contributed by atoms with Crippen molar-refractivity contribution in [1.82, 2.24) is 0 Å².